The molecule has 0 amide bonds. The van der Waals surface area contributed by atoms with Gasteiger partial charge in [0, 0.05) is 0 Å². The van der Waals surface area contributed by atoms with Crippen LogP contribution < -0.4 is 0 Å². The third kappa shape index (κ3) is 1.29. The Labute approximate surface area is 58.8 Å². The minimum absolute atomic E-state index is 0.284. The molecule has 1 aliphatic carbocycles. The van der Waals surface area contributed by atoms with Crippen molar-refractivity contribution >= 4 is 16.3 Å². The van der Waals surface area contributed by atoms with Gasteiger partial charge >= 0.3 is 16.3 Å². The van der Waals surface area contributed by atoms with E-state index in [1.807, 2.05) is 0 Å². The first-order valence-electron chi connectivity index (χ1n) is 2.58. The molecule has 0 bridgehead atoms. The zero-order valence-electron chi connectivity index (χ0n) is 4.93. The highest BCUT2D eigenvalue weighted by Gasteiger charge is 2.59. The molecular formula is C3H6O5P2. The lowest BCUT2D eigenvalue weighted by molar-refractivity contribution is 0.223. The Morgan fingerprint density at radius 2 is 2.00 bits per heavy atom. The number of hydrogen-bond donors (Lipinski definition) is 2. The fraction of sp³-hybridized carbons (Fsp3) is 1.00. The van der Waals surface area contributed by atoms with Crippen LogP contribution in [0.15, 0.2) is 0 Å². The van der Waals surface area contributed by atoms with Crippen LogP contribution in [0.2, 0.25) is 0 Å². The van der Waals surface area contributed by atoms with E-state index in [9.17, 15) is 9.13 Å². The van der Waals surface area contributed by atoms with Gasteiger partial charge in [0.2, 0.25) is 0 Å². The Morgan fingerprint density at radius 1 is 1.50 bits per heavy atom. The fourth-order valence-corrected chi connectivity index (χ4v) is 2.15. The molecule has 5 nitrogen and oxygen atoms in total. The Hall–Kier alpha value is 0.210. The van der Waals surface area contributed by atoms with Crippen LogP contribution in [-0.4, -0.2) is 15.1 Å². The smallest absolute Gasteiger partial charge is 0.322 e. The summed E-state index contributed by atoms with van der Waals surface area (Å²) in [4.78, 5) is 17.2. The maximum Gasteiger partial charge on any atom is 0.358 e. The van der Waals surface area contributed by atoms with Gasteiger partial charge in [-0.15, -0.1) is 0 Å². The fourth-order valence-electron chi connectivity index (χ4n) is 0.612. The van der Waals surface area contributed by atoms with Crippen molar-refractivity contribution in [1.29, 1.82) is 0 Å². The van der Waals surface area contributed by atoms with Gasteiger partial charge in [0.05, 0.1) is 0 Å². The summed E-state index contributed by atoms with van der Waals surface area (Å²) in [6.45, 7) is 0. The average Bonchev–Trinajstić information content (AvgIpc) is 2.45. The first-order valence-corrected chi connectivity index (χ1v) is 4.93. The van der Waals surface area contributed by atoms with E-state index in [4.69, 9.17) is 9.79 Å². The first kappa shape index (κ1) is 8.31. The van der Waals surface area contributed by atoms with Crippen LogP contribution in [0, 0.1) is 0 Å². The van der Waals surface area contributed by atoms with E-state index in [2.05, 4.69) is 4.52 Å². The van der Waals surface area contributed by atoms with Gasteiger partial charge in [-0.1, -0.05) is 0 Å². The second kappa shape index (κ2) is 2.36. The average molecular weight is 184 g/mol. The molecule has 0 radical (unpaired) electrons. The lowest BCUT2D eigenvalue weighted by atomic mass is 10.8. The van der Waals surface area contributed by atoms with Crippen LogP contribution in [-0.2, 0) is 13.7 Å². The van der Waals surface area contributed by atoms with Crippen LogP contribution in [0.1, 0.15) is 12.8 Å². The highest BCUT2D eigenvalue weighted by Crippen LogP contribution is 2.66. The SMILES string of the molecule is O=POC1(P(=O)(O)O)CC1. The molecule has 2 N–H and O–H groups in total. The molecule has 1 saturated carbocycles. The van der Waals surface area contributed by atoms with Crippen LogP contribution in [0.4, 0.5) is 0 Å². The van der Waals surface area contributed by atoms with Gasteiger partial charge in [0.15, 0.2) is 5.34 Å². The van der Waals surface area contributed by atoms with Crippen molar-refractivity contribution in [2.24, 2.45) is 0 Å². The van der Waals surface area contributed by atoms with E-state index in [1.165, 1.54) is 0 Å². The Kier molecular flexibility index (Phi) is 1.96. The topological polar surface area (TPSA) is 83.8 Å². The molecule has 0 saturated heterocycles. The molecule has 10 heavy (non-hydrogen) atoms. The molecule has 7 heteroatoms. The van der Waals surface area contributed by atoms with Crippen LogP contribution in [0.5, 0.6) is 0 Å². The summed E-state index contributed by atoms with van der Waals surface area (Å²) in [6, 6.07) is 0. The van der Waals surface area contributed by atoms with Gasteiger partial charge in [0.25, 0.3) is 0 Å². The Balaban J connectivity index is 2.69. The van der Waals surface area contributed by atoms with Gasteiger partial charge in [0.1, 0.15) is 0 Å². The first-order chi connectivity index (χ1) is 4.52. The summed E-state index contributed by atoms with van der Waals surface area (Å²) >= 11 is 0. The monoisotopic (exact) mass is 184 g/mol. The number of hydrogen-bond acceptors (Lipinski definition) is 3. The molecule has 58 valence electrons. The van der Waals surface area contributed by atoms with Crippen LogP contribution in [0.3, 0.4) is 0 Å². The normalized spacial score (nSPS) is 23.0. The highest BCUT2D eigenvalue weighted by molar-refractivity contribution is 7.54. The maximum atomic E-state index is 10.5. The molecule has 0 atom stereocenters. The lowest BCUT2D eigenvalue weighted by Crippen LogP contribution is -2.08. The summed E-state index contributed by atoms with van der Waals surface area (Å²) in [5.74, 6) is 0. The molecule has 0 aromatic rings. The summed E-state index contributed by atoms with van der Waals surface area (Å²) in [5.41, 5.74) is 0. The standard InChI is InChI=1S/C3H6O5P2/c4-9-8-3(1-2-3)10(5,6)7/h1-2H2,(H2,5,6,7). The molecule has 0 heterocycles. The van der Waals surface area contributed by atoms with Crippen molar-refractivity contribution in [3.05, 3.63) is 0 Å². The molecule has 0 aliphatic heterocycles. The molecule has 1 fully saturated rings. The van der Waals surface area contributed by atoms with Crippen LogP contribution in [0.25, 0.3) is 0 Å². The Bertz CT molecular complexity index is 191. The third-order valence-electron chi connectivity index (χ3n) is 1.42. The second-order valence-electron chi connectivity index (χ2n) is 2.16. The predicted octanol–water partition coefficient (Wildman–Crippen LogP) is 0.877. The van der Waals surface area contributed by atoms with E-state index < -0.39 is 21.6 Å². The Morgan fingerprint density at radius 3 is 2.10 bits per heavy atom. The minimum atomic E-state index is -4.20. The van der Waals surface area contributed by atoms with Gasteiger partial charge < -0.3 is 9.79 Å². The van der Waals surface area contributed by atoms with Crippen molar-refractivity contribution < 1.29 is 23.4 Å². The molecule has 0 aromatic carbocycles. The zero-order chi connectivity index (χ0) is 7.83. The molecule has 0 aromatic heterocycles. The summed E-state index contributed by atoms with van der Waals surface area (Å²) in [6.07, 6.45) is 0.568. The number of rotatable bonds is 3. The van der Waals surface area contributed by atoms with Gasteiger partial charge in [-0.2, -0.15) is 0 Å². The van der Waals surface area contributed by atoms with Gasteiger partial charge in [-0.25, -0.2) is 4.57 Å². The van der Waals surface area contributed by atoms with Crippen molar-refractivity contribution in [1.82, 2.24) is 0 Å². The third-order valence-corrected chi connectivity index (χ3v) is 3.58. The van der Waals surface area contributed by atoms with Gasteiger partial charge in [-0.05, 0) is 12.8 Å². The van der Waals surface area contributed by atoms with E-state index in [-0.39, 0.29) is 12.8 Å². The lowest BCUT2D eigenvalue weighted by Gasteiger charge is -2.11. The molecule has 0 spiro atoms. The summed E-state index contributed by atoms with van der Waals surface area (Å²) in [5, 5.41) is -1.42. The largest absolute Gasteiger partial charge is 0.358 e. The van der Waals surface area contributed by atoms with E-state index in [0.29, 0.717) is 0 Å². The van der Waals surface area contributed by atoms with Crippen LogP contribution >= 0.6 is 16.3 Å². The van der Waals surface area contributed by atoms with E-state index in [1.54, 1.807) is 0 Å². The van der Waals surface area contributed by atoms with Crippen molar-refractivity contribution in [3.63, 3.8) is 0 Å². The summed E-state index contributed by atoms with van der Waals surface area (Å²) in [7, 11) is -4.87. The highest BCUT2D eigenvalue weighted by atomic mass is 31.2. The van der Waals surface area contributed by atoms with Crippen molar-refractivity contribution in [3.8, 4) is 0 Å². The summed E-state index contributed by atoms with van der Waals surface area (Å²) < 4.78 is 24.7. The maximum absolute atomic E-state index is 10.5. The molecular weight excluding hydrogens is 178 g/mol. The molecule has 0 unspecified atom stereocenters. The van der Waals surface area contributed by atoms with Crippen molar-refractivity contribution in [2.45, 2.75) is 18.2 Å². The zero-order valence-corrected chi connectivity index (χ0v) is 6.72. The second-order valence-corrected chi connectivity index (χ2v) is 4.39. The molecule has 1 aliphatic rings. The molecule has 1 rings (SSSR count). The minimum Gasteiger partial charge on any atom is -0.322 e. The quantitative estimate of drug-likeness (QED) is 0.636. The van der Waals surface area contributed by atoms with E-state index in [0.717, 1.165) is 0 Å². The van der Waals surface area contributed by atoms with Gasteiger partial charge in [-0.3, -0.25) is 9.09 Å². The van der Waals surface area contributed by atoms with Crippen molar-refractivity contribution in [2.75, 3.05) is 0 Å². The van der Waals surface area contributed by atoms with E-state index >= 15 is 0 Å². The predicted molar refractivity (Wildman–Crippen MR) is 32.7 cm³/mol.